The summed E-state index contributed by atoms with van der Waals surface area (Å²) in [4.78, 5) is 25.6. The van der Waals surface area contributed by atoms with E-state index in [-0.39, 0.29) is 11.3 Å². The maximum absolute atomic E-state index is 12.4. The molecule has 1 spiro atoms. The summed E-state index contributed by atoms with van der Waals surface area (Å²) in [6.07, 6.45) is 8.05. The predicted molar refractivity (Wildman–Crippen MR) is 184 cm³/mol. The van der Waals surface area contributed by atoms with Gasteiger partial charge in [0, 0.05) is 54.8 Å². The Morgan fingerprint density at radius 1 is 1.09 bits per heavy atom. The number of rotatable bonds is 8. The van der Waals surface area contributed by atoms with Gasteiger partial charge in [-0.05, 0) is 105 Å². The highest BCUT2D eigenvalue weighted by Gasteiger charge is 2.57. The third-order valence-corrected chi connectivity index (χ3v) is 11.8. The Morgan fingerprint density at radius 2 is 1.93 bits per heavy atom. The number of fused-ring (bicyclic) bond motifs is 3. The number of carbonyl (C=O) groups excluding carboxylic acids is 1. The van der Waals surface area contributed by atoms with Crippen molar-refractivity contribution in [2.75, 3.05) is 36.8 Å². The number of nitrogens with one attached hydrogen (secondary N) is 2. The van der Waals surface area contributed by atoms with Crippen molar-refractivity contribution in [3.8, 4) is 0 Å². The number of likely N-dealkylation sites (tertiary alicyclic amines) is 1. The first-order chi connectivity index (χ1) is 22.4. The lowest BCUT2D eigenvalue weighted by atomic mass is 9.88. The third-order valence-electron chi connectivity index (χ3n) is 10.8. The van der Waals surface area contributed by atoms with E-state index in [9.17, 15) is 4.79 Å². The summed E-state index contributed by atoms with van der Waals surface area (Å²) in [5.74, 6) is 2.46. The zero-order valence-corrected chi connectivity index (χ0v) is 27.9. The maximum atomic E-state index is 12.4. The van der Waals surface area contributed by atoms with Crippen LogP contribution in [0.5, 0.6) is 0 Å². The first-order valence-electron chi connectivity index (χ1n) is 17.0. The summed E-state index contributed by atoms with van der Waals surface area (Å²) in [5.41, 5.74) is 5.94. The average molecular weight is 637 g/mol. The largest absolute Gasteiger partial charge is 0.351 e. The van der Waals surface area contributed by atoms with Crippen molar-refractivity contribution in [3.63, 3.8) is 0 Å². The van der Waals surface area contributed by atoms with E-state index in [4.69, 9.17) is 5.10 Å². The van der Waals surface area contributed by atoms with E-state index in [2.05, 4.69) is 93.2 Å². The Balaban J connectivity index is 0.829. The summed E-state index contributed by atoms with van der Waals surface area (Å²) in [7, 11) is 2.07. The molecule has 4 aromatic rings. The second kappa shape index (κ2) is 12.0. The molecule has 3 fully saturated rings. The van der Waals surface area contributed by atoms with Crippen LogP contribution in [0.25, 0.3) is 10.9 Å². The number of anilines is 2. The number of hydrogen-bond acceptors (Lipinski definition) is 8. The van der Waals surface area contributed by atoms with Gasteiger partial charge in [0.2, 0.25) is 11.9 Å². The van der Waals surface area contributed by atoms with Crippen LogP contribution in [0.4, 0.5) is 11.8 Å². The first kappa shape index (κ1) is 29.9. The molecule has 9 nitrogen and oxygen atoms in total. The van der Waals surface area contributed by atoms with Crippen molar-refractivity contribution in [1.82, 2.24) is 29.0 Å². The fraction of sp³-hybridized carbons (Fsp3) is 0.500. The topological polar surface area (TPSA) is 91.2 Å². The lowest BCUT2D eigenvalue weighted by Gasteiger charge is -2.36. The van der Waals surface area contributed by atoms with Crippen LogP contribution in [0.2, 0.25) is 0 Å². The Bertz CT molecular complexity index is 1780. The van der Waals surface area contributed by atoms with E-state index in [0.29, 0.717) is 29.6 Å². The smallest absolute Gasteiger partial charge is 0.236 e. The van der Waals surface area contributed by atoms with Gasteiger partial charge in [0.15, 0.2) is 0 Å². The standard InChI is InChI=1S/C36H44N8OS/c1-4-30-28-9-8-26(19-32(28)42(3)41-30)25-10-15-43(16-11-25)22-24-6-5-7-27(18-24)46-44-17-12-31(23(2)21-44)38-35-37-20-29-33(40-35)39-34(45)36(29)13-14-36/h5-9,18-20,23,25,31H,4,10-17,21-22H2,1-3H3,(H2,37,38,39,40,45)/t23?,31-/m0/s1. The van der Waals surface area contributed by atoms with Crippen LogP contribution in [-0.2, 0) is 30.2 Å². The van der Waals surface area contributed by atoms with Gasteiger partial charge in [0.1, 0.15) is 5.82 Å². The number of piperidine rings is 2. The maximum Gasteiger partial charge on any atom is 0.236 e. The number of aromatic nitrogens is 4. The molecule has 2 aromatic heterocycles. The van der Waals surface area contributed by atoms with E-state index in [0.717, 1.165) is 64.0 Å². The molecule has 2 N–H and O–H groups in total. The molecule has 1 amide bonds. The van der Waals surface area contributed by atoms with Gasteiger partial charge in [-0.15, -0.1) is 0 Å². The van der Waals surface area contributed by atoms with Crippen LogP contribution in [0.15, 0.2) is 53.6 Å². The van der Waals surface area contributed by atoms with Gasteiger partial charge >= 0.3 is 0 Å². The van der Waals surface area contributed by atoms with Crippen LogP contribution in [0.1, 0.15) is 74.3 Å². The molecular formula is C36H44N8OS. The van der Waals surface area contributed by atoms with E-state index in [1.54, 1.807) is 0 Å². The van der Waals surface area contributed by atoms with Crippen LogP contribution in [0.3, 0.4) is 0 Å². The highest BCUT2D eigenvalue weighted by molar-refractivity contribution is 7.97. The van der Waals surface area contributed by atoms with Crippen molar-refractivity contribution < 1.29 is 4.79 Å². The number of hydrogen-bond donors (Lipinski definition) is 2. The molecule has 0 radical (unpaired) electrons. The highest BCUT2D eigenvalue weighted by Crippen LogP contribution is 2.54. The SMILES string of the molecule is CCc1nn(C)c2cc(C3CCN(Cc4cccc(SN5CC[C@H](Nc6ncc7c(n6)NC(=O)C76CC6)C(C)C5)c4)CC3)ccc12. The fourth-order valence-corrected chi connectivity index (χ4v) is 8.98. The highest BCUT2D eigenvalue weighted by atomic mass is 32.2. The van der Waals surface area contributed by atoms with Crippen LogP contribution < -0.4 is 10.6 Å². The zero-order chi connectivity index (χ0) is 31.4. The van der Waals surface area contributed by atoms with Crippen molar-refractivity contribution in [1.29, 1.82) is 0 Å². The summed E-state index contributed by atoms with van der Waals surface area (Å²) < 4.78 is 4.55. The molecule has 8 rings (SSSR count). The van der Waals surface area contributed by atoms with Crippen LogP contribution in [0, 0.1) is 5.92 Å². The third kappa shape index (κ3) is 5.58. The van der Waals surface area contributed by atoms with Crippen LogP contribution >= 0.6 is 11.9 Å². The number of aryl methyl sites for hydroxylation is 2. The average Bonchev–Trinajstić information content (AvgIpc) is 3.74. The molecule has 10 heteroatoms. The fourth-order valence-electron chi connectivity index (χ4n) is 7.83. The molecule has 1 unspecified atom stereocenters. The quantitative estimate of drug-likeness (QED) is 0.224. The Labute approximate surface area is 275 Å². The molecule has 3 aliphatic heterocycles. The molecule has 5 heterocycles. The minimum Gasteiger partial charge on any atom is -0.351 e. The minimum atomic E-state index is -0.340. The number of benzene rings is 2. The molecule has 2 aromatic carbocycles. The van der Waals surface area contributed by atoms with Crippen molar-refractivity contribution in [2.45, 2.75) is 81.2 Å². The summed E-state index contributed by atoms with van der Waals surface area (Å²) in [5, 5.41) is 12.6. The Morgan fingerprint density at radius 3 is 2.72 bits per heavy atom. The normalized spacial score (nSPS) is 23.2. The van der Waals surface area contributed by atoms with E-state index >= 15 is 0 Å². The minimum absolute atomic E-state index is 0.0849. The van der Waals surface area contributed by atoms with E-state index in [1.807, 2.05) is 22.8 Å². The number of amides is 1. The molecular weight excluding hydrogens is 593 g/mol. The molecule has 46 heavy (non-hydrogen) atoms. The molecule has 1 saturated carbocycles. The zero-order valence-electron chi connectivity index (χ0n) is 27.1. The van der Waals surface area contributed by atoms with Gasteiger partial charge in [-0.3, -0.25) is 14.4 Å². The summed E-state index contributed by atoms with van der Waals surface area (Å²) >= 11 is 1.88. The van der Waals surface area contributed by atoms with Crippen molar-refractivity contribution in [2.24, 2.45) is 13.0 Å². The molecule has 2 atom stereocenters. The monoisotopic (exact) mass is 636 g/mol. The first-order valence-corrected chi connectivity index (χ1v) is 17.8. The number of nitrogens with zero attached hydrogens (tertiary/aromatic N) is 6. The van der Waals surface area contributed by atoms with Crippen molar-refractivity contribution in [3.05, 3.63) is 71.0 Å². The Kier molecular flexibility index (Phi) is 7.77. The van der Waals surface area contributed by atoms with Gasteiger partial charge in [0.25, 0.3) is 0 Å². The second-order valence-corrected chi connectivity index (χ2v) is 15.1. The van der Waals surface area contributed by atoms with Gasteiger partial charge in [0.05, 0.1) is 16.6 Å². The molecule has 2 saturated heterocycles. The van der Waals surface area contributed by atoms with E-state index in [1.165, 1.54) is 45.5 Å². The number of carbonyl (C=O) groups is 1. The van der Waals surface area contributed by atoms with Crippen molar-refractivity contribution >= 4 is 40.5 Å². The summed E-state index contributed by atoms with van der Waals surface area (Å²) in [6, 6.07) is 16.4. The molecule has 240 valence electrons. The van der Waals surface area contributed by atoms with Gasteiger partial charge in [-0.25, -0.2) is 9.29 Å². The van der Waals surface area contributed by atoms with Gasteiger partial charge in [-0.1, -0.05) is 38.1 Å². The van der Waals surface area contributed by atoms with E-state index < -0.39 is 0 Å². The lowest BCUT2D eigenvalue weighted by molar-refractivity contribution is -0.117. The lowest BCUT2D eigenvalue weighted by Crippen LogP contribution is -2.42. The second-order valence-electron chi connectivity index (χ2n) is 13.9. The van der Waals surface area contributed by atoms with Gasteiger partial charge in [-0.2, -0.15) is 10.1 Å². The summed E-state index contributed by atoms with van der Waals surface area (Å²) in [6.45, 7) is 9.74. The molecule has 0 bridgehead atoms. The van der Waals surface area contributed by atoms with Gasteiger partial charge < -0.3 is 10.6 Å². The Hall–Kier alpha value is -3.47. The predicted octanol–water partition coefficient (Wildman–Crippen LogP) is 6.12. The molecule has 4 aliphatic rings. The molecule has 1 aliphatic carbocycles. The van der Waals surface area contributed by atoms with Crippen LogP contribution in [-0.4, -0.2) is 67.1 Å².